The number of aromatic amines is 1. The van der Waals surface area contributed by atoms with Gasteiger partial charge in [0.1, 0.15) is 23.6 Å². The van der Waals surface area contributed by atoms with Crippen molar-refractivity contribution < 1.29 is 17.9 Å². The Balaban J connectivity index is 1.09. The number of hydrogen-bond acceptors (Lipinski definition) is 9. The summed E-state index contributed by atoms with van der Waals surface area (Å²) in [5.41, 5.74) is 2.24. The maximum Gasteiger partial charge on any atom is 0.451 e. The Morgan fingerprint density at radius 1 is 1.17 bits per heavy atom. The van der Waals surface area contributed by atoms with Crippen LogP contribution in [0.15, 0.2) is 37.1 Å². The zero-order chi connectivity index (χ0) is 29.5. The van der Waals surface area contributed by atoms with E-state index in [1.807, 2.05) is 23.1 Å². The van der Waals surface area contributed by atoms with Crippen LogP contribution < -0.4 is 4.74 Å². The summed E-state index contributed by atoms with van der Waals surface area (Å²) in [6.45, 7) is 1.63. The first-order valence-electron chi connectivity index (χ1n) is 13.8. The number of H-pyrrole nitrogens is 1. The van der Waals surface area contributed by atoms with E-state index in [2.05, 4.69) is 41.0 Å². The third-order valence-corrected chi connectivity index (χ3v) is 8.03. The van der Waals surface area contributed by atoms with Crippen LogP contribution in [0.2, 0.25) is 0 Å². The molecule has 1 aliphatic heterocycles. The molecule has 11 nitrogen and oxygen atoms in total. The van der Waals surface area contributed by atoms with Crippen molar-refractivity contribution in [3.8, 4) is 23.2 Å². The zero-order valence-corrected chi connectivity index (χ0v) is 23.3. The number of alkyl halides is 3. The van der Waals surface area contributed by atoms with Gasteiger partial charge in [0.05, 0.1) is 30.1 Å². The molecule has 6 rings (SSSR count). The van der Waals surface area contributed by atoms with Gasteiger partial charge in [-0.15, -0.1) is 0 Å². The highest BCUT2D eigenvalue weighted by atomic mass is 19.4. The highest BCUT2D eigenvalue weighted by molar-refractivity contribution is 5.90. The molecular weight excluding hydrogens is 549 g/mol. The molecule has 2 fully saturated rings. The van der Waals surface area contributed by atoms with Crippen molar-refractivity contribution >= 4 is 11.0 Å². The molecule has 0 unspecified atom stereocenters. The second-order valence-corrected chi connectivity index (χ2v) is 11.4. The molecule has 0 spiro atoms. The molecule has 4 aromatic heterocycles. The van der Waals surface area contributed by atoms with Gasteiger partial charge in [-0.05, 0) is 45.8 Å². The maximum atomic E-state index is 13.4. The van der Waals surface area contributed by atoms with Gasteiger partial charge in [0.15, 0.2) is 0 Å². The van der Waals surface area contributed by atoms with Gasteiger partial charge >= 0.3 is 6.18 Å². The van der Waals surface area contributed by atoms with Crippen molar-refractivity contribution in [1.82, 2.24) is 44.5 Å². The zero-order valence-electron chi connectivity index (χ0n) is 23.3. The van der Waals surface area contributed by atoms with Crippen LogP contribution in [0.5, 0.6) is 5.88 Å². The number of nitrogens with zero attached hydrogens (tertiary/aromatic N) is 9. The van der Waals surface area contributed by atoms with Gasteiger partial charge in [-0.1, -0.05) is 0 Å². The van der Waals surface area contributed by atoms with E-state index in [1.165, 1.54) is 12.4 Å². The number of ether oxygens (including phenoxy) is 1. The number of halogens is 3. The molecule has 14 heteroatoms. The van der Waals surface area contributed by atoms with Crippen LogP contribution in [0.4, 0.5) is 13.2 Å². The van der Waals surface area contributed by atoms with Gasteiger partial charge in [-0.3, -0.25) is 9.58 Å². The van der Waals surface area contributed by atoms with E-state index in [1.54, 1.807) is 25.2 Å². The van der Waals surface area contributed by atoms with Gasteiger partial charge in [0.25, 0.3) is 0 Å². The molecule has 4 aromatic rings. The Bertz CT molecular complexity index is 1590. The Morgan fingerprint density at radius 3 is 2.67 bits per heavy atom. The third kappa shape index (κ3) is 5.54. The van der Waals surface area contributed by atoms with Gasteiger partial charge < -0.3 is 14.6 Å². The van der Waals surface area contributed by atoms with Crippen LogP contribution in [-0.4, -0.2) is 83.8 Å². The molecular formula is C28H31F3N10O. The molecule has 1 aliphatic carbocycles. The van der Waals surface area contributed by atoms with E-state index in [0.29, 0.717) is 38.4 Å². The molecule has 42 heavy (non-hydrogen) atoms. The molecule has 0 radical (unpaired) electrons. The van der Waals surface area contributed by atoms with E-state index < -0.39 is 17.5 Å². The van der Waals surface area contributed by atoms with Crippen LogP contribution in [0, 0.1) is 11.3 Å². The monoisotopic (exact) mass is 580 g/mol. The summed E-state index contributed by atoms with van der Waals surface area (Å²) in [5, 5.41) is 15.2. The van der Waals surface area contributed by atoms with Crippen molar-refractivity contribution in [3.63, 3.8) is 0 Å². The molecule has 2 aliphatic rings. The van der Waals surface area contributed by atoms with Gasteiger partial charge in [-0.25, -0.2) is 15.0 Å². The quantitative estimate of drug-likeness (QED) is 0.329. The molecule has 0 amide bonds. The van der Waals surface area contributed by atoms with E-state index in [9.17, 15) is 18.4 Å². The van der Waals surface area contributed by atoms with Gasteiger partial charge in [-0.2, -0.15) is 28.5 Å². The van der Waals surface area contributed by atoms with Crippen LogP contribution in [0.3, 0.4) is 0 Å². The van der Waals surface area contributed by atoms with E-state index in [4.69, 9.17) is 4.74 Å². The summed E-state index contributed by atoms with van der Waals surface area (Å²) >= 11 is 0. The number of likely N-dealkylation sites (tertiary alicyclic amines) is 1. The Hall–Kier alpha value is -4.09. The van der Waals surface area contributed by atoms with Crippen LogP contribution in [0.25, 0.3) is 22.3 Å². The number of nitrogens with one attached hydrogen (secondary N) is 1. The fraction of sp³-hybridized carbons (Fsp3) is 0.500. The minimum absolute atomic E-state index is 0.0373. The highest BCUT2D eigenvalue weighted by Crippen LogP contribution is 2.39. The molecule has 5 heterocycles. The lowest BCUT2D eigenvalue weighted by atomic mass is 9.82. The third-order valence-electron chi connectivity index (χ3n) is 8.03. The predicted octanol–water partition coefficient (Wildman–Crippen LogP) is 4.01. The fourth-order valence-electron chi connectivity index (χ4n) is 6.02. The first-order chi connectivity index (χ1) is 20.1. The van der Waals surface area contributed by atoms with E-state index in [0.717, 1.165) is 35.1 Å². The lowest BCUT2D eigenvalue weighted by Gasteiger charge is -2.53. The molecule has 220 valence electrons. The normalized spacial score (nSPS) is 20.9. The van der Waals surface area contributed by atoms with Crippen LogP contribution in [0.1, 0.15) is 43.6 Å². The second kappa shape index (κ2) is 11.0. The number of nitriles is 1. The fourth-order valence-corrected chi connectivity index (χ4v) is 6.02. The summed E-state index contributed by atoms with van der Waals surface area (Å²) in [7, 11) is 3.53. The summed E-state index contributed by atoms with van der Waals surface area (Å²) < 4.78 is 48.0. The van der Waals surface area contributed by atoms with Crippen LogP contribution in [-0.2, 0) is 18.3 Å². The lowest BCUT2D eigenvalue weighted by molar-refractivity contribution is -0.145. The highest BCUT2D eigenvalue weighted by Gasteiger charge is 2.48. The minimum Gasteiger partial charge on any atom is -0.474 e. The van der Waals surface area contributed by atoms with Crippen molar-refractivity contribution in [1.29, 1.82) is 5.26 Å². The summed E-state index contributed by atoms with van der Waals surface area (Å²) in [6.07, 6.45) is 5.62. The number of fused-ring (bicyclic) bond motifs is 1. The Labute approximate surface area is 240 Å². The summed E-state index contributed by atoms with van der Waals surface area (Å²) in [6, 6.07) is 6.06. The van der Waals surface area contributed by atoms with E-state index in [-0.39, 0.29) is 24.2 Å². The van der Waals surface area contributed by atoms with Crippen molar-refractivity contribution in [2.75, 3.05) is 27.2 Å². The maximum absolute atomic E-state index is 13.4. The van der Waals surface area contributed by atoms with Crippen molar-refractivity contribution in [3.05, 3.63) is 48.6 Å². The smallest absolute Gasteiger partial charge is 0.451 e. The van der Waals surface area contributed by atoms with E-state index >= 15 is 0 Å². The number of aromatic nitrogens is 7. The average Bonchev–Trinajstić information content (AvgIpc) is 3.60. The molecule has 1 saturated carbocycles. The van der Waals surface area contributed by atoms with Gasteiger partial charge in [0.2, 0.25) is 11.7 Å². The van der Waals surface area contributed by atoms with Crippen molar-refractivity contribution in [2.45, 2.75) is 62.5 Å². The topological polar surface area (TPSA) is 125 Å². The predicted molar refractivity (Wildman–Crippen MR) is 146 cm³/mol. The standard InChI is InChI=1S/C28H31F3N10O/c1-39(2)14-19-11-23(38-26(37-19)28(29,30)31)42-21-5-3-20(4-6-21)40-15-27(16-40,8-9-32)41-13-18(12-36-41)24-22-7-10-33-25(22)35-17-34-24/h7,10-13,17,20-21H,3-6,8,14-16H2,1-2H3,(H,33,34,35)/t20-,21+. The van der Waals surface area contributed by atoms with Gasteiger partial charge in [0, 0.05) is 55.1 Å². The molecule has 1 N–H and O–H groups in total. The first-order valence-corrected chi connectivity index (χ1v) is 13.8. The largest absolute Gasteiger partial charge is 0.474 e. The molecule has 0 aromatic carbocycles. The Kier molecular flexibility index (Phi) is 7.32. The summed E-state index contributed by atoms with van der Waals surface area (Å²) in [5.74, 6) is -1.22. The summed E-state index contributed by atoms with van der Waals surface area (Å²) in [4.78, 5) is 23.3. The first kappa shape index (κ1) is 28.0. The molecule has 0 bridgehead atoms. The van der Waals surface area contributed by atoms with Crippen LogP contribution >= 0.6 is 0 Å². The average molecular weight is 581 g/mol. The SMILES string of the molecule is CN(C)Cc1cc(O[C@H]2CC[C@@H](N3CC(CC#N)(n4cc(-c5ncnc6[nH]ccc56)cn4)C3)CC2)nc(C(F)(F)F)n1. The number of rotatable bonds is 8. The lowest BCUT2D eigenvalue weighted by Crippen LogP contribution is -2.65. The molecule has 1 saturated heterocycles. The Morgan fingerprint density at radius 2 is 1.95 bits per heavy atom. The number of hydrogen-bond donors (Lipinski definition) is 1. The van der Waals surface area contributed by atoms with Crippen molar-refractivity contribution in [2.24, 2.45) is 0 Å². The second-order valence-electron chi connectivity index (χ2n) is 11.4. The minimum atomic E-state index is -4.65. The molecule has 0 atom stereocenters.